The quantitative estimate of drug-likeness (QED) is 0.0916. The zero-order valence-corrected chi connectivity index (χ0v) is 22.3. The van der Waals surface area contributed by atoms with Gasteiger partial charge >= 0.3 is 231 Å². The molecule has 184 valence electrons. The molecule has 2 aliphatic rings. The van der Waals surface area contributed by atoms with Crippen LogP contribution in [0.3, 0.4) is 0 Å². The normalized spacial score (nSPS) is 13.8. The summed E-state index contributed by atoms with van der Waals surface area (Å²) in [5.74, 6) is 1.22. The number of ether oxygens (including phenoxy) is 1. The molecular formula is C34H19NO3Se. The summed E-state index contributed by atoms with van der Waals surface area (Å²) in [6.07, 6.45) is 1.82. The van der Waals surface area contributed by atoms with Crippen LogP contribution in [0, 0.1) is 0 Å². The Balaban J connectivity index is 1.26. The van der Waals surface area contributed by atoms with Crippen molar-refractivity contribution in [1.29, 1.82) is 0 Å². The van der Waals surface area contributed by atoms with Crippen molar-refractivity contribution in [2.24, 2.45) is 0 Å². The fourth-order valence-electron chi connectivity index (χ4n) is 5.74. The summed E-state index contributed by atoms with van der Waals surface area (Å²) in [5.41, 5.74) is 3.25. The van der Waals surface area contributed by atoms with Gasteiger partial charge in [0.05, 0.1) is 0 Å². The standard InChI is InChI=1S/C34H19NO3Se/c36-33-25(34(37)32-24-12-4-2-10-22(24)21-9-1-3-11-23(21)31(32)33)19-20-17-18-30(39-20)35-26-13-5-7-15-28(26)38-29-16-8-6-14-27(29)35/h1-19H. The van der Waals surface area contributed by atoms with E-state index < -0.39 is 0 Å². The van der Waals surface area contributed by atoms with E-state index in [1.807, 2.05) is 97.1 Å². The predicted octanol–water partition coefficient (Wildman–Crippen LogP) is 8.09. The van der Waals surface area contributed by atoms with Crippen LogP contribution in [0.1, 0.15) is 25.2 Å². The van der Waals surface area contributed by atoms with Gasteiger partial charge in [0.2, 0.25) is 0 Å². The van der Waals surface area contributed by atoms with Crippen molar-refractivity contribution in [2.75, 3.05) is 4.90 Å². The molecule has 5 aromatic carbocycles. The molecule has 0 bridgehead atoms. The van der Waals surface area contributed by atoms with Gasteiger partial charge in [-0.2, -0.15) is 0 Å². The molecule has 4 nitrogen and oxygen atoms in total. The van der Waals surface area contributed by atoms with Gasteiger partial charge in [0.25, 0.3) is 0 Å². The summed E-state index contributed by atoms with van der Waals surface area (Å²) in [6, 6.07) is 35.8. The Hall–Kier alpha value is -4.70. The van der Waals surface area contributed by atoms with Crippen LogP contribution in [-0.2, 0) is 0 Å². The molecule has 0 unspecified atom stereocenters. The van der Waals surface area contributed by atoms with Crippen LogP contribution in [0.25, 0.3) is 27.6 Å². The first-order valence-corrected chi connectivity index (χ1v) is 14.4. The molecular weight excluding hydrogens is 549 g/mol. The number of benzene rings is 5. The molecule has 5 heteroatoms. The number of allylic oxidation sites excluding steroid dienone is 1. The molecule has 6 aromatic rings. The van der Waals surface area contributed by atoms with E-state index in [0.717, 1.165) is 53.4 Å². The maximum atomic E-state index is 13.8. The van der Waals surface area contributed by atoms with E-state index in [0.29, 0.717) is 11.1 Å². The van der Waals surface area contributed by atoms with Crippen molar-refractivity contribution in [3.8, 4) is 11.5 Å². The van der Waals surface area contributed by atoms with Crippen molar-refractivity contribution in [3.05, 3.63) is 130 Å². The number of fused-ring (bicyclic) bond motifs is 8. The Morgan fingerprint density at radius 3 is 1.62 bits per heavy atom. The molecule has 0 spiro atoms. The van der Waals surface area contributed by atoms with Gasteiger partial charge in [-0.15, -0.1) is 0 Å². The summed E-state index contributed by atoms with van der Waals surface area (Å²) in [7, 11) is 0. The van der Waals surface area contributed by atoms with Crippen LogP contribution in [0.2, 0.25) is 0 Å². The summed E-state index contributed by atoms with van der Waals surface area (Å²) in [4.78, 5) is 29.8. The number of ketones is 2. The molecule has 1 aliphatic carbocycles. The molecule has 0 saturated carbocycles. The van der Waals surface area contributed by atoms with Gasteiger partial charge in [0.1, 0.15) is 0 Å². The SMILES string of the molecule is O=C1C(=Cc2ccc(N3c4ccccc4Oc4ccccc43)[se]2)C(=O)c2c1c1ccccc1c1ccccc21. The number of carbonyl (C=O) groups excluding carboxylic acids is 2. The van der Waals surface area contributed by atoms with Crippen molar-refractivity contribution in [3.63, 3.8) is 0 Å². The van der Waals surface area contributed by atoms with E-state index in [1.165, 1.54) is 0 Å². The Bertz CT molecular complexity index is 1930. The van der Waals surface area contributed by atoms with Gasteiger partial charge in [0, 0.05) is 0 Å². The Kier molecular flexibility index (Phi) is 4.80. The van der Waals surface area contributed by atoms with Crippen LogP contribution >= 0.6 is 0 Å². The Morgan fingerprint density at radius 1 is 0.564 bits per heavy atom. The average molecular weight is 568 g/mol. The third kappa shape index (κ3) is 3.24. The van der Waals surface area contributed by atoms with Gasteiger partial charge in [-0.3, -0.25) is 0 Å². The number of rotatable bonds is 2. The first-order chi connectivity index (χ1) is 19.2. The first-order valence-electron chi connectivity index (χ1n) is 12.7. The fourth-order valence-corrected chi connectivity index (χ4v) is 7.79. The maximum absolute atomic E-state index is 13.8. The number of nitrogens with zero attached hydrogens (tertiary/aromatic N) is 1. The number of Topliss-reactive ketones (excluding diaryl/α,β-unsaturated/α-hetero) is 2. The average Bonchev–Trinajstić information content (AvgIpc) is 3.54. The van der Waals surface area contributed by atoms with Crippen LogP contribution in [0.4, 0.5) is 15.9 Å². The molecule has 0 atom stereocenters. The molecule has 8 rings (SSSR count). The summed E-state index contributed by atoms with van der Waals surface area (Å²) < 4.78 is 8.25. The van der Waals surface area contributed by atoms with Crippen LogP contribution in [-0.4, -0.2) is 26.1 Å². The minimum atomic E-state index is -0.191. The number of hydrogen-bond donors (Lipinski definition) is 0. The number of hydrogen-bond acceptors (Lipinski definition) is 4. The van der Waals surface area contributed by atoms with Crippen LogP contribution in [0.15, 0.2) is 115 Å². The van der Waals surface area contributed by atoms with E-state index in [2.05, 4.69) is 23.1 Å². The summed E-state index contributed by atoms with van der Waals surface area (Å²) in [6.45, 7) is 0. The van der Waals surface area contributed by atoms with Crippen molar-refractivity contribution in [2.45, 2.75) is 0 Å². The third-order valence-corrected chi connectivity index (χ3v) is 9.56. The fraction of sp³-hybridized carbons (Fsp3) is 0. The molecule has 1 aromatic heterocycles. The van der Waals surface area contributed by atoms with Crippen molar-refractivity contribution in [1.82, 2.24) is 0 Å². The van der Waals surface area contributed by atoms with E-state index in [4.69, 9.17) is 4.74 Å². The van der Waals surface area contributed by atoms with Gasteiger partial charge in [-0.25, -0.2) is 0 Å². The predicted molar refractivity (Wildman–Crippen MR) is 156 cm³/mol. The van der Waals surface area contributed by atoms with Gasteiger partial charge in [-0.1, -0.05) is 0 Å². The van der Waals surface area contributed by atoms with E-state index in [-0.39, 0.29) is 31.6 Å². The van der Waals surface area contributed by atoms with Crippen LogP contribution < -0.4 is 9.64 Å². The Labute approximate surface area is 230 Å². The summed E-state index contributed by atoms with van der Waals surface area (Å²) in [5, 5.41) is 3.65. The van der Waals surface area contributed by atoms with Gasteiger partial charge in [-0.05, 0) is 0 Å². The molecule has 0 amide bonds. The zero-order chi connectivity index (χ0) is 26.1. The van der Waals surface area contributed by atoms with Crippen molar-refractivity contribution < 1.29 is 14.3 Å². The second-order valence-electron chi connectivity index (χ2n) is 9.61. The molecule has 0 N–H and O–H groups in total. The van der Waals surface area contributed by atoms with Crippen LogP contribution in [0.5, 0.6) is 11.5 Å². The molecule has 39 heavy (non-hydrogen) atoms. The Morgan fingerprint density at radius 2 is 1.05 bits per heavy atom. The third-order valence-electron chi connectivity index (χ3n) is 7.43. The number of anilines is 3. The molecule has 0 fully saturated rings. The van der Waals surface area contributed by atoms with E-state index in [1.54, 1.807) is 0 Å². The second-order valence-corrected chi connectivity index (χ2v) is 11.9. The second kappa shape index (κ2) is 8.40. The molecule has 2 heterocycles. The van der Waals surface area contributed by atoms with Crippen molar-refractivity contribution >= 4 is 69.6 Å². The van der Waals surface area contributed by atoms with E-state index >= 15 is 0 Å². The molecule has 0 radical (unpaired) electrons. The minimum absolute atomic E-state index is 0.121. The monoisotopic (exact) mass is 569 g/mol. The van der Waals surface area contributed by atoms with Gasteiger partial charge in [0.15, 0.2) is 0 Å². The molecule has 1 aliphatic heterocycles. The topological polar surface area (TPSA) is 46.6 Å². The zero-order valence-electron chi connectivity index (χ0n) is 20.5. The van der Waals surface area contributed by atoms with Gasteiger partial charge < -0.3 is 0 Å². The number of para-hydroxylation sites is 4. The first kappa shape index (κ1) is 22.3. The van der Waals surface area contributed by atoms with E-state index in [9.17, 15) is 9.59 Å². The molecule has 0 saturated heterocycles. The summed E-state index contributed by atoms with van der Waals surface area (Å²) >= 11 is -0.121. The number of carbonyl (C=O) groups is 2.